The van der Waals surface area contributed by atoms with Crippen LogP contribution in [0.2, 0.25) is 0 Å². The molecule has 2 aromatic heterocycles. The number of piperidine rings is 1. The third-order valence-corrected chi connectivity index (χ3v) is 11.1. The van der Waals surface area contributed by atoms with Gasteiger partial charge in [0, 0.05) is 54.3 Å². The van der Waals surface area contributed by atoms with Crippen molar-refractivity contribution < 1.29 is 38.2 Å². The molecule has 2 aliphatic rings. The number of para-hydroxylation sites is 1. The van der Waals surface area contributed by atoms with E-state index in [2.05, 4.69) is 36.4 Å². The molecule has 1 saturated heterocycles. The predicted octanol–water partition coefficient (Wildman–Crippen LogP) is 6.02. The number of hydrogen-bond donors (Lipinski definition) is 4. The quantitative estimate of drug-likeness (QED) is 0.0555. The van der Waals surface area contributed by atoms with Crippen LogP contribution in [0, 0.1) is 0 Å². The van der Waals surface area contributed by atoms with Gasteiger partial charge in [-0.3, -0.25) is 49.3 Å². The van der Waals surface area contributed by atoms with E-state index in [4.69, 9.17) is 9.47 Å². The second-order valence-electron chi connectivity index (χ2n) is 14.4. The molecule has 1 atom stereocenters. The number of aromatic nitrogens is 3. The monoisotopic (exact) mass is 844 g/mol. The Bertz CT molecular complexity index is 2440. The van der Waals surface area contributed by atoms with Crippen LogP contribution in [0.1, 0.15) is 98.4 Å². The van der Waals surface area contributed by atoms with E-state index < -0.39 is 29.7 Å². The van der Waals surface area contributed by atoms with Crippen molar-refractivity contribution in [3.8, 4) is 22.1 Å². The first-order valence-corrected chi connectivity index (χ1v) is 20.8. The minimum atomic E-state index is -1.000. The number of unbranched alkanes of at least 4 members (excludes halogenated alkanes) is 5. The first-order chi connectivity index (χ1) is 29.7. The number of benzene rings is 3. The molecule has 3 aromatic carbocycles. The maximum Gasteiger partial charge on any atom is 0.296 e. The van der Waals surface area contributed by atoms with E-state index in [0.717, 1.165) is 65.9 Å². The summed E-state index contributed by atoms with van der Waals surface area (Å²) in [6, 6.07) is 20.2. The number of amides is 6. The van der Waals surface area contributed by atoms with Crippen LogP contribution in [0.4, 0.5) is 10.8 Å². The van der Waals surface area contributed by atoms with Crippen molar-refractivity contribution in [2.24, 2.45) is 0 Å². The number of ether oxygens (including phenoxy) is 2. The average Bonchev–Trinajstić information content (AvgIpc) is 3.83. The Morgan fingerprint density at radius 2 is 1.57 bits per heavy atom. The summed E-state index contributed by atoms with van der Waals surface area (Å²) in [4.78, 5) is 81.4. The van der Waals surface area contributed by atoms with E-state index in [-0.39, 0.29) is 52.7 Å². The zero-order valence-corrected chi connectivity index (χ0v) is 34.2. The molecule has 1 unspecified atom stereocenters. The number of fused-ring (bicyclic) bond motifs is 1. The summed E-state index contributed by atoms with van der Waals surface area (Å²) in [5, 5.41) is 19.9. The number of rotatable bonds is 19. The minimum Gasteiger partial charge on any atom is -0.496 e. The Labute approximate surface area is 355 Å². The van der Waals surface area contributed by atoms with E-state index in [1.165, 1.54) is 0 Å². The molecule has 5 aromatic rings. The van der Waals surface area contributed by atoms with E-state index in [0.29, 0.717) is 41.2 Å². The van der Waals surface area contributed by atoms with Gasteiger partial charge in [-0.05, 0) is 72.6 Å². The van der Waals surface area contributed by atoms with Gasteiger partial charge in [0.15, 0.2) is 0 Å². The molecule has 16 nitrogen and oxygen atoms in total. The lowest BCUT2D eigenvalue weighted by Gasteiger charge is -2.27. The molecule has 4 heterocycles. The molecule has 4 N–H and O–H groups in total. The van der Waals surface area contributed by atoms with Crippen LogP contribution in [-0.4, -0.2) is 81.8 Å². The lowest BCUT2D eigenvalue weighted by molar-refractivity contribution is -0.136. The predicted molar refractivity (Wildman–Crippen MR) is 226 cm³/mol. The van der Waals surface area contributed by atoms with Gasteiger partial charge in [0.2, 0.25) is 16.9 Å². The lowest BCUT2D eigenvalue weighted by atomic mass is 10.0. The molecular formula is C44H44N8O8S. The van der Waals surface area contributed by atoms with Crippen molar-refractivity contribution in [1.29, 1.82) is 0 Å². The van der Waals surface area contributed by atoms with E-state index >= 15 is 0 Å². The van der Waals surface area contributed by atoms with Gasteiger partial charge in [-0.25, -0.2) is 0 Å². The first-order valence-electron chi connectivity index (χ1n) is 20.0. The SMILES string of the molecule is COc1ccccc1-c1cnccc1C(=O)Nc1nnc(OCc2ccc(C(=O)NCCCCCCCCNc3cccc4c3C(=O)N(C3CCC(=O)NC3=O)C4=O)cc2)s1. The number of nitrogens with zero attached hydrogens (tertiary/aromatic N) is 4. The first kappa shape index (κ1) is 42.1. The van der Waals surface area contributed by atoms with Crippen molar-refractivity contribution in [2.75, 3.05) is 30.8 Å². The Morgan fingerprint density at radius 3 is 2.36 bits per heavy atom. The topological polar surface area (TPSA) is 211 Å². The molecule has 0 aliphatic carbocycles. The van der Waals surface area contributed by atoms with E-state index in [1.807, 2.05) is 36.4 Å². The summed E-state index contributed by atoms with van der Waals surface area (Å²) in [5.74, 6) is -2.01. The molecule has 17 heteroatoms. The fourth-order valence-electron chi connectivity index (χ4n) is 7.20. The summed E-state index contributed by atoms with van der Waals surface area (Å²) < 4.78 is 11.3. The van der Waals surface area contributed by atoms with Gasteiger partial charge >= 0.3 is 0 Å². The Morgan fingerprint density at radius 1 is 0.820 bits per heavy atom. The number of pyridine rings is 1. The average molecular weight is 845 g/mol. The molecule has 0 saturated carbocycles. The molecule has 7 rings (SSSR count). The minimum absolute atomic E-state index is 0.0714. The second kappa shape index (κ2) is 19.8. The molecule has 61 heavy (non-hydrogen) atoms. The van der Waals surface area contributed by atoms with Crippen LogP contribution in [-0.2, 0) is 16.2 Å². The molecule has 0 spiro atoms. The zero-order chi connectivity index (χ0) is 42.7. The van der Waals surface area contributed by atoms with Crippen LogP contribution < -0.4 is 30.7 Å². The number of carbonyl (C=O) groups excluding carboxylic acids is 6. The highest BCUT2D eigenvalue weighted by molar-refractivity contribution is 7.17. The van der Waals surface area contributed by atoms with Gasteiger partial charge in [-0.15, -0.1) is 5.10 Å². The number of anilines is 2. The third kappa shape index (κ3) is 10.1. The highest BCUT2D eigenvalue weighted by atomic mass is 32.1. The van der Waals surface area contributed by atoms with E-state index in [9.17, 15) is 28.8 Å². The highest BCUT2D eigenvalue weighted by Gasteiger charge is 2.45. The van der Waals surface area contributed by atoms with Crippen molar-refractivity contribution in [3.63, 3.8) is 0 Å². The maximum atomic E-state index is 13.3. The number of imide groups is 2. The zero-order valence-electron chi connectivity index (χ0n) is 33.4. The van der Waals surface area contributed by atoms with Crippen LogP contribution in [0.25, 0.3) is 11.1 Å². The molecule has 314 valence electrons. The second-order valence-corrected chi connectivity index (χ2v) is 15.4. The van der Waals surface area contributed by atoms with Gasteiger partial charge in [0.25, 0.3) is 28.8 Å². The number of carbonyl (C=O) groups is 6. The van der Waals surface area contributed by atoms with Crippen LogP contribution in [0.5, 0.6) is 10.9 Å². The number of hydrogen-bond acceptors (Lipinski definition) is 13. The van der Waals surface area contributed by atoms with Gasteiger partial charge < -0.3 is 20.1 Å². The van der Waals surface area contributed by atoms with Gasteiger partial charge in [-0.2, -0.15) is 0 Å². The largest absolute Gasteiger partial charge is 0.496 e. The summed E-state index contributed by atoms with van der Waals surface area (Å²) in [5.41, 5.74) is 4.19. The molecule has 2 aliphatic heterocycles. The lowest BCUT2D eigenvalue weighted by Crippen LogP contribution is -2.54. The molecular weight excluding hydrogens is 801 g/mol. The fourth-order valence-corrected chi connectivity index (χ4v) is 7.79. The summed E-state index contributed by atoms with van der Waals surface area (Å²) in [7, 11) is 1.57. The summed E-state index contributed by atoms with van der Waals surface area (Å²) in [6.45, 7) is 1.37. The molecule has 0 radical (unpaired) electrons. The van der Waals surface area contributed by atoms with Crippen molar-refractivity contribution in [3.05, 3.63) is 113 Å². The van der Waals surface area contributed by atoms with Crippen LogP contribution in [0.15, 0.2) is 85.2 Å². The summed E-state index contributed by atoms with van der Waals surface area (Å²) >= 11 is 1.10. The molecule has 6 amide bonds. The van der Waals surface area contributed by atoms with Gasteiger partial charge in [-0.1, -0.05) is 67.2 Å². The number of methoxy groups -OCH3 is 1. The standard InChI is InChI=1S/C44H44N8O8S/c1-59-35-14-7-6-11-29(35)32-25-45-24-21-30(32)39(55)49-43-50-51-44(61-43)60-26-27-15-17-28(18-16-27)38(54)47-23-9-5-3-2-4-8-22-46-33-13-10-12-31-37(33)42(58)52(41(31)57)34-19-20-36(53)48-40(34)56/h6-7,10-18,21,24-25,34,46H,2-5,8-9,19-20,22-23,26H2,1H3,(H,47,54)(H,48,53,56)(H,49,50,55). The maximum absolute atomic E-state index is 13.3. The Balaban J connectivity index is 0.766. The molecule has 0 bridgehead atoms. The highest BCUT2D eigenvalue weighted by Crippen LogP contribution is 2.34. The van der Waals surface area contributed by atoms with Crippen molar-refractivity contribution in [1.82, 2.24) is 30.7 Å². The molecule has 1 fully saturated rings. The number of nitrogens with one attached hydrogen (secondary N) is 4. The smallest absolute Gasteiger partial charge is 0.296 e. The van der Waals surface area contributed by atoms with Crippen LogP contribution in [0.3, 0.4) is 0 Å². The van der Waals surface area contributed by atoms with E-state index in [1.54, 1.807) is 55.9 Å². The Hall–Kier alpha value is -7.01. The Kier molecular flexibility index (Phi) is 13.7. The fraction of sp³-hybridized carbons (Fsp3) is 0.295. The van der Waals surface area contributed by atoms with Gasteiger partial charge in [0.05, 0.1) is 23.8 Å². The van der Waals surface area contributed by atoms with Crippen molar-refractivity contribution >= 4 is 57.6 Å². The van der Waals surface area contributed by atoms with Crippen molar-refractivity contribution in [2.45, 2.75) is 64.0 Å². The van der Waals surface area contributed by atoms with Gasteiger partial charge in [0.1, 0.15) is 18.4 Å². The van der Waals surface area contributed by atoms with Crippen LogP contribution >= 0.6 is 11.3 Å². The normalized spacial score (nSPS) is 14.6. The third-order valence-electron chi connectivity index (χ3n) is 10.3. The summed E-state index contributed by atoms with van der Waals surface area (Å²) in [6.07, 6.45) is 9.01.